The van der Waals surface area contributed by atoms with Gasteiger partial charge in [-0.05, 0) is 62.4 Å². The van der Waals surface area contributed by atoms with Gasteiger partial charge in [-0.25, -0.2) is 9.37 Å². The SMILES string of the molecule is CC[C@H](Cc1ccc(C(F)(F)F)cc1)CC(C)OC(=O)CNC(=O)c1nccc(OC)c1OC(C)=O.Cc1ccc(F)cc1. The van der Waals surface area contributed by atoms with E-state index in [1.807, 2.05) is 13.8 Å². The normalized spacial score (nSPS) is 12.2. The van der Waals surface area contributed by atoms with E-state index < -0.39 is 42.2 Å². The van der Waals surface area contributed by atoms with Crippen LogP contribution in [0.1, 0.15) is 60.8 Å². The van der Waals surface area contributed by atoms with Crippen molar-refractivity contribution in [1.29, 1.82) is 0 Å². The number of carbonyl (C=O) groups excluding carboxylic acids is 3. The van der Waals surface area contributed by atoms with Crippen LogP contribution < -0.4 is 14.8 Å². The van der Waals surface area contributed by atoms with Crippen molar-refractivity contribution in [3.05, 3.63) is 89.0 Å². The number of halogens is 4. The van der Waals surface area contributed by atoms with Crippen molar-refractivity contribution >= 4 is 17.8 Å². The van der Waals surface area contributed by atoms with Crippen molar-refractivity contribution in [3.63, 3.8) is 0 Å². The molecule has 238 valence electrons. The summed E-state index contributed by atoms with van der Waals surface area (Å²) in [5, 5.41) is 2.38. The summed E-state index contributed by atoms with van der Waals surface area (Å²) >= 11 is 0. The predicted molar refractivity (Wildman–Crippen MR) is 155 cm³/mol. The van der Waals surface area contributed by atoms with Gasteiger partial charge in [0, 0.05) is 19.2 Å². The van der Waals surface area contributed by atoms with Crippen LogP contribution in [0.2, 0.25) is 0 Å². The fourth-order valence-electron chi connectivity index (χ4n) is 4.11. The van der Waals surface area contributed by atoms with E-state index >= 15 is 0 Å². The number of aryl methyl sites for hydroxylation is 1. The molecule has 0 radical (unpaired) electrons. The van der Waals surface area contributed by atoms with E-state index in [2.05, 4.69) is 10.3 Å². The number of hydrogen-bond acceptors (Lipinski definition) is 7. The molecule has 1 unspecified atom stereocenters. The van der Waals surface area contributed by atoms with E-state index in [0.717, 1.165) is 36.6 Å². The molecule has 3 rings (SSSR count). The Morgan fingerprint density at radius 2 is 1.64 bits per heavy atom. The summed E-state index contributed by atoms with van der Waals surface area (Å²) in [7, 11) is 1.34. The van der Waals surface area contributed by atoms with Gasteiger partial charge in [-0.15, -0.1) is 0 Å². The lowest BCUT2D eigenvalue weighted by atomic mass is 9.91. The van der Waals surface area contributed by atoms with Crippen LogP contribution in [0.4, 0.5) is 17.6 Å². The van der Waals surface area contributed by atoms with Gasteiger partial charge in [0.15, 0.2) is 11.4 Å². The molecule has 0 aliphatic carbocycles. The highest BCUT2D eigenvalue weighted by atomic mass is 19.4. The Morgan fingerprint density at radius 1 is 1.00 bits per heavy atom. The summed E-state index contributed by atoms with van der Waals surface area (Å²) in [5.74, 6) is -2.26. The zero-order valence-electron chi connectivity index (χ0n) is 25.2. The quantitative estimate of drug-likeness (QED) is 0.193. The van der Waals surface area contributed by atoms with Crippen molar-refractivity contribution < 1.29 is 46.2 Å². The number of pyridine rings is 1. The monoisotopic (exact) mass is 620 g/mol. The number of aromatic nitrogens is 1. The number of amides is 1. The van der Waals surface area contributed by atoms with Gasteiger partial charge in [-0.2, -0.15) is 13.2 Å². The first-order chi connectivity index (χ1) is 20.7. The van der Waals surface area contributed by atoms with Gasteiger partial charge in [-0.1, -0.05) is 43.2 Å². The molecule has 12 heteroatoms. The number of ether oxygens (including phenoxy) is 3. The zero-order chi connectivity index (χ0) is 32.9. The maximum atomic E-state index is 12.8. The first kappa shape index (κ1) is 35.7. The molecule has 1 amide bonds. The highest BCUT2D eigenvalue weighted by molar-refractivity contribution is 5.98. The van der Waals surface area contributed by atoms with E-state index in [4.69, 9.17) is 14.2 Å². The zero-order valence-corrected chi connectivity index (χ0v) is 25.2. The fraction of sp³-hybridized carbons (Fsp3) is 0.375. The first-order valence-electron chi connectivity index (χ1n) is 13.8. The molecule has 0 aliphatic rings. The number of alkyl halides is 3. The molecule has 8 nitrogen and oxygen atoms in total. The van der Waals surface area contributed by atoms with E-state index in [9.17, 15) is 31.9 Å². The molecule has 0 fully saturated rings. The van der Waals surface area contributed by atoms with Gasteiger partial charge in [0.25, 0.3) is 5.91 Å². The van der Waals surface area contributed by atoms with E-state index in [1.54, 1.807) is 19.1 Å². The molecule has 44 heavy (non-hydrogen) atoms. The van der Waals surface area contributed by atoms with E-state index in [0.29, 0.717) is 12.8 Å². The van der Waals surface area contributed by atoms with Crippen LogP contribution in [-0.2, 0) is 26.9 Å². The molecule has 1 aromatic heterocycles. The Morgan fingerprint density at radius 3 is 2.16 bits per heavy atom. The molecule has 0 bridgehead atoms. The molecule has 0 spiro atoms. The highest BCUT2D eigenvalue weighted by Crippen LogP contribution is 2.31. The largest absolute Gasteiger partial charge is 0.493 e. The van der Waals surface area contributed by atoms with Crippen molar-refractivity contribution in [2.45, 2.75) is 59.2 Å². The predicted octanol–water partition coefficient (Wildman–Crippen LogP) is 6.49. The minimum atomic E-state index is -4.38. The summed E-state index contributed by atoms with van der Waals surface area (Å²) in [6.45, 7) is 6.30. The molecule has 2 atom stereocenters. The van der Waals surface area contributed by atoms with Crippen LogP contribution in [0.5, 0.6) is 11.5 Å². The van der Waals surface area contributed by atoms with Gasteiger partial charge in [-0.3, -0.25) is 14.4 Å². The summed E-state index contributed by atoms with van der Waals surface area (Å²) in [4.78, 5) is 40.1. The van der Waals surface area contributed by atoms with Crippen molar-refractivity contribution in [2.75, 3.05) is 13.7 Å². The van der Waals surface area contributed by atoms with E-state index in [1.165, 1.54) is 43.6 Å². The number of methoxy groups -OCH3 is 1. The number of nitrogens with one attached hydrogen (secondary N) is 1. The lowest BCUT2D eigenvalue weighted by molar-refractivity contribution is -0.147. The lowest BCUT2D eigenvalue weighted by Gasteiger charge is -2.20. The second-order valence-corrected chi connectivity index (χ2v) is 9.97. The third-order valence-corrected chi connectivity index (χ3v) is 6.33. The summed E-state index contributed by atoms with van der Waals surface area (Å²) in [6.07, 6.45) is -1.81. The highest BCUT2D eigenvalue weighted by Gasteiger charge is 2.30. The molecule has 1 N–H and O–H groups in total. The Balaban J connectivity index is 0.000000727. The average Bonchev–Trinajstić information content (AvgIpc) is 2.97. The smallest absolute Gasteiger partial charge is 0.416 e. The fourth-order valence-corrected chi connectivity index (χ4v) is 4.11. The number of benzene rings is 2. The minimum Gasteiger partial charge on any atom is -0.493 e. The number of carbonyl (C=O) groups is 3. The number of hydrogen-bond donors (Lipinski definition) is 1. The van der Waals surface area contributed by atoms with E-state index in [-0.39, 0.29) is 28.9 Å². The second kappa shape index (κ2) is 17.0. The Bertz CT molecular complexity index is 1360. The van der Waals surface area contributed by atoms with Gasteiger partial charge >= 0.3 is 18.1 Å². The second-order valence-electron chi connectivity index (χ2n) is 9.97. The minimum absolute atomic E-state index is 0.0754. The average molecular weight is 621 g/mol. The van der Waals surface area contributed by atoms with Crippen LogP contribution >= 0.6 is 0 Å². The maximum absolute atomic E-state index is 12.8. The molecule has 0 aliphatic heterocycles. The molecule has 1 heterocycles. The standard InChI is InChI=1S/C25H29F3N2O6.C7H7F/c1-5-17(13-18-6-8-19(9-7-18)25(26,27)28)12-15(2)35-21(32)14-30-24(33)22-23(36-16(3)31)20(34-4)10-11-29-22;1-6-2-4-7(8)5-3-6/h6-11,15,17H,5,12-14H2,1-4H3,(H,30,33);2-5H,1H3/t15?,17-;/m0./s1. The summed E-state index contributed by atoms with van der Waals surface area (Å²) in [5.41, 5.74) is 0.919. The number of nitrogens with zero attached hydrogens (tertiary/aromatic N) is 1. The molecular weight excluding hydrogens is 584 g/mol. The molecule has 0 saturated heterocycles. The first-order valence-corrected chi connectivity index (χ1v) is 13.8. The third-order valence-electron chi connectivity index (χ3n) is 6.33. The molecule has 3 aromatic rings. The number of esters is 2. The lowest BCUT2D eigenvalue weighted by Crippen LogP contribution is -2.33. The van der Waals surface area contributed by atoms with Gasteiger partial charge in [0.1, 0.15) is 12.4 Å². The Kier molecular flexibility index (Phi) is 13.8. The Hall–Kier alpha value is -4.48. The van der Waals surface area contributed by atoms with Crippen LogP contribution in [0.3, 0.4) is 0 Å². The molecular formula is C32H36F4N2O6. The van der Waals surface area contributed by atoms with Crippen LogP contribution in [-0.4, -0.2) is 42.6 Å². The van der Waals surface area contributed by atoms with Crippen LogP contribution in [0, 0.1) is 18.7 Å². The van der Waals surface area contributed by atoms with Gasteiger partial charge in [0.2, 0.25) is 5.75 Å². The molecule has 0 saturated carbocycles. The third kappa shape index (κ3) is 12.0. The topological polar surface area (TPSA) is 104 Å². The Labute approximate surface area is 253 Å². The van der Waals surface area contributed by atoms with Crippen molar-refractivity contribution in [2.24, 2.45) is 5.92 Å². The van der Waals surface area contributed by atoms with Crippen molar-refractivity contribution in [3.8, 4) is 11.5 Å². The molecule has 2 aromatic carbocycles. The summed E-state index contributed by atoms with van der Waals surface area (Å²) < 4.78 is 65.8. The maximum Gasteiger partial charge on any atom is 0.416 e. The van der Waals surface area contributed by atoms with Gasteiger partial charge in [0.05, 0.1) is 18.8 Å². The van der Waals surface area contributed by atoms with Crippen LogP contribution in [0.15, 0.2) is 60.8 Å². The summed E-state index contributed by atoms with van der Waals surface area (Å²) in [6, 6.07) is 12.8. The van der Waals surface area contributed by atoms with Crippen LogP contribution in [0.25, 0.3) is 0 Å². The van der Waals surface area contributed by atoms with Crippen molar-refractivity contribution in [1.82, 2.24) is 10.3 Å². The van der Waals surface area contributed by atoms with Gasteiger partial charge < -0.3 is 19.5 Å². The number of rotatable bonds is 11.